The SMILES string of the molecule is CC1(C)N=C(c2cc3ccccc3nn2)c2ccc(F)cc2C1Br. The molecule has 0 saturated heterocycles. The standard InChI is InChI=1S/C19H15BrFN3/c1-19(2)18(20)14-10-12(21)7-8-13(14)17(22-19)16-9-11-5-3-4-6-15(11)23-24-16/h3-10,18H,1-2H3. The molecule has 0 N–H and O–H groups in total. The van der Waals surface area contributed by atoms with Crippen LogP contribution in [0.2, 0.25) is 0 Å². The van der Waals surface area contributed by atoms with E-state index >= 15 is 0 Å². The van der Waals surface area contributed by atoms with Crippen molar-refractivity contribution in [3.63, 3.8) is 0 Å². The Hall–Kier alpha value is -2.14. The first kappa shape index (κ1) is 15.4. The van der Waals surface area contributed by atoms with Gasteiger partial charge in [0, 0.05) is 10.9 Å². The summed E-state index contributed by atoms with van der Waals surface area (Å²) in [5, 5.41) is 9.66. The number of rotatable bonds is 1. The Bertz CT molecular complexity index is 981. The highest BCUT2D eigenvalue weighted by Gasteiger charge is 2.36. The molecule has 4 rings (SSSR count). The van der Waals surface area contributed by atoms with Crippen LogP contribution in [0.1, 0.15) is 35.5 Å². The lowest BCUT2D eigenvalue weighted by Crippen LogP contribution is -2.32. The molecule has 0 fully saturated rings. The van der Waals surface area contributed by atoms with Gasteiger partial charge in [-0.1, -0.05) is 34.1 Å². The van der Waals surface area contributed by atoms with Gasteiger partial charge in [-0.3, -0.25) is 4.99 Å². The van der Waals surface area contributed by atoms with Crippen molar-refractivity contribution in [2.24, 2.45) is 4.99 Å². The molecule has 24 heavy (non-hydrogen) atoms. The van der Waals surface area contributed by atoms with Crippen LogP contribution in [0.15, 0.2) is 53.5 Å². The molecule has 0 saturated carbocycles. The molecule has 1 aromatic heterocycles. The normalized spacial score (nSPS) is 19.0. The van der Waals surface area contributed by atoms with Gasteiger partial charge in [0.1, 0.15) is 11.5 Å². The first-order valence-electron chi connectivity index (χ1n) is 7.72. The molecule has 2 aromatic carbocycles. The number of nitrogens with zero attached hydrogens (tertiary/aromatic N) is 3. The summed E-state index contributed by atoms with van der Waals surface area (Å²) in [6.45, 7) is 4.05. The second-order valence-corrected chi connectivity index (χ2v) is 7.41. The van der Waals surface area contributed by atoms with E-state index in [2.05, 4.69) is 26.1 Å². The number of hydrogen-bond acceptors (Lipinski definition) is 3. The Morgan fingerprint density at radius 3 is 2.67 bits per heavy atom. The van der Waals surface area contributed by atoms with Gasteiger partial charge in [0.15, 0.2) is 0 Å². The summed E-state index contributed by atoms with van der Waals surface area (Å²) in [4.78, 5) is 4.83. The van der Waals surface area contributed by atoms with Gasteiger partial charge < -0.3 is 0 Å². The largest absolute Gasteiger partial charge is 0.275 e. The van der Waals surface area contributed by atoms with E-state index in [4.69, 9.17) is 4.99 Å². The molecular formula is C19H15BrFN3. The number of hydrogen-bond donors (Lipinski definition) is 0. The first-order chi connectivity index (χ1) is 11.5. The number of fused-ring (bicyclic) bond motifs is 2. The predicted octanol–water partition coefficient (Wildman–Crippen LogP) is 4.83. The van der Waals surface area contributed by atoms with Gasteiger partial charge in [-0.15, -0.1) is 10.2 Å². The van der Waals surface area contributed by atoms with E-state index in [-0.39, 0.29) is 10.6 Å². The topological polar surface area (TPSA) is 38.1 Å². The van der Waals surface area contributed by atoms with Crippen molar-refractivity contribution in [2.75, 3.05) is 0 Å². The Kier molecular flexibility index (Phi) is 3.49. The number of alkyl halides is 1. The van der Waals surface area contributed by atoms with Gasteiger partial charge in [0.25, 0.3) is 0 Å². The molecule has 1 aliphatic heterocycles. The minimum Gasteiger partial charge on any atom is -0.275 e. The monoisotopic (exact) mass is 383 g/mol. The third-order valence-electron chi connectivity index (χ3n) is 4.30. The maximum absolute atomic E-state index is 13.8. The number of aliphatic imine (C=N–C) groups is 1. The number of halogens is 2. The van der Waals surface area contributed by atoms with Crippen molar-refractivity contribution in [2.45, 2.75) is 24.2 Å². The lowest BCUT2D eigenvalue weighted by molar-refractivity contribution is 0.506. The number of benzene rings is 2. The minimum absolute atomic E-state index is 0.0622. The molecule has 3 nitrogen and oxygen atoms in total. The van der Waals surface area contributed by atoms with E-state index in [9.17, 15) is 4.39 Å². The lowest BCUT2D eigenvalue weighted by Gasteiger charge is -2.34. The van der Waals surface area contributed by atoms with Gasteiger partial charge in [-0.25, -0.2) is 4.39 Å². The summed E-state index contributed by atoms with van der Waals surface area (Å²) in [5.41, 5.74) is 3.67. The molecule has 3 aromatic rings. The van der Waals surface area contributed by atoms with Crippen molar-refractivity contribution in [3.8, 4) is 0 Å². The molecule has 0 radical (unpaired) electrons. The van der Waals surface area contributed by atoms with E-state index in [1.54, 1.807) is 12.1 Å². The molecule has 0 bridgehead atoms. The van der Waals surface area contributed by atoms with Crippen LogP contribution in [0.3, 0.4) is 0 Å². The summed E-state index contributed by atoms with van der Waals surface area (Å²) in [6, 6.07) is 14.6. The average Bonchev–Trinajstić information content (AvgIpc) is 2.58. The van der Waals surface area contributed by atoms with E-state index in [1.165, 1.54) is 6.07 Å². The van der Waals surface area contributed by atoms with Crippen LogP contribution in [0, 0.1) is 5.82 Å². The molecule has 1 atom stereocenters. The third kappa shape index (κ3) is 2.44. The fraction of sp³-hybridized carbons (Fsp3) is 0.211. The van der Waals surface area contributed by atoms with Gasteiger partial charge in [-0.05, 0) is 49.7 Å². The Morgan fingerprint density at radius 1 is 1.04 bits per heavy atom. The zero-order chi connectivity index (χ0) is 16.9. The molecule has 2 heterocycles. The van der Waals surface area contributed by atoms with E-state index in [0.717, 1.165) is 27.7 Å². The van der Waals surface area contributed by atoms with Gasteiger partial charge in [-0.2, -0.15) is 0 Å². The van der Waals surface area contributed by atoms with Crippen molar-refractivity contribution in [3.05, 3.63) is 71.2 Å². The van der Waals surface area contributed by atoms with Crippen molar-refractivity contribution in [1.82, 2.24) is 10.2 Å². The van der Waals surface area contributed by atoms with Crippen LogP contribution < -0.4 is 0 Å². The second kappa shape index (κ2) is 5.45. The Balaban J connectivity index is 1.95. The predicted molar refractivity (Wildman–Crippen MR) is 97.3 cm³/mol. The van der Waals surface area contributed by atoms with Crippen molar-refractivity contribution < 1.29 is 4.39 Å². The smallest absolute Gasteiger partial charge is 0.123 e. The zero-order valence-corrected chi connectivity index (χ0v) is 14.9. The van der Waals surface area contributed by atoms with Gasteiger partial charge >= 0.3 is 0 Å². The fourth-order valence-corrected chi connectivity index (χ4v) is 3.52. The quantitative estimate of drug-likeness (QED) is 0.564. The van der Waals surface area contributed by atoms with E-state index in [0.29, 0.717) is 5.69 Å². The Labute approximate surface area is 147 Å². The second-order valence-electron chi connectivity index (χ2n) is 6.50. The first-order valence-corrected chi connectivity index (χ1v) is 8.64. The van der Waals surface area contributed by atoms with E-state index < -0.39 is 5.54 Å². The molecule has 5 heteroatoms. The van der Waals surface area contributed by atoms with Crippen LogP contribution in [-0.4, -0.2) is 21.4 Å². The fourth-order valence-electron chi connectivity index (χ4n) is 3.04. The minimum atomic E-state index is -0.413. The summed E-state index contributed by atoms with van der Waals surface area (Å²) in [6.07, 6.45) is 0. The summed E-state index contributed by atoms with van der Waals surface area (Å²) < 4.78 is 13.8. The summed E-state index contributed by atoms with van der Waals surface area (Å²) in [5.74, 6) is -0.250. The highest BCUT2D eigenvalue weighted by molar-refractivity contribution is 9.09. The molecular weight excluding hydrogens is 369 g/mol. The molecule has 1 aliphatic rings. The number of aromatic nitrogens is 2. The van der Waals surface area contributed by atoms with Gasteiger partial charge in [0.2, 0.25) is 0 Å². The van der Waals surface area contributed by atoms with Gasteiger partial charge in [0.05, 0.1) is 21.6 Å². The Morgan fingerprint density at radius 2 is 1.83 bits per heavy atom. The average molecular weight is 384 g/mol. The van der Waals surface area contributed by atoms with Crippen molar-refractivity contribution in [1.29, 1.82) is 0 Å². The van der Waals surface area contributed by atoms with Crippen molar-refractivity contribution >= 4 is 32.5 Å². The highest BCUT2D eigenvalue weighted by Crippen LogP contribution is 2.43. The molecule has 0 spiro atoms. The molecule has 0 aliphatic carbocycles. The van der Waals surface area contributed by atoms with Crippen LogP contribution in [0.25, 0.3) is 10.9 Å². The van der Waals surface area contributed by atoms with Crippen LogP contribution in [0.4, 0.5) is 4.39 Å². The zero-order valence-electron chi connectivity index (χ0n) is 13.3. The van der Waals surface area contributed by atoms with Crippen LogP contribution in [-0.2, 0) is 0 Å². The molecule has 1 unspecified atom stereocenters. The maximum Gasteiger partial charge on any atom is 0.123 e. The molecule has 0 amide bonds. The van der Waals surface area contributed by atoms with E-state index in [1.807, 2.05) is 44.2 Å². The maximum atomic E-state index is 13.8. The summed E-state index contributed by atoms with van der Waals surface area (Å²) in [7, 11) is 0. The summed E-state index contributed by atoms with van der Waals surface area (Å²) >= 11 is 3.67. The molecule has 120 valence electrons. The lowest BCUT2D eigenvalue weighted by atomic mass is 9.85. The third-order valence-corrected chi connectivity index (χ3v) is 5.91. The highest BCUT2D eigenvalue weighted by atomic mass is 79.9. The van der Waals surface area contributed by atoms with Crippen LogP contribution >= 0.6 is 15.9 Å². The van der Waals surface area contributed by atoms with Crippen LogP contribution in [0.5, 0.6) is 0 Å².